The molecule has 1 aliphatic rings. The number of halogens is 2. The zero-order valence-corrected chi connectivity index (χ0v) is 12.0. The van der Waals surface area contributed by atoms with E-state index in [1.807, 2.05) is 0 Å². The van der Waals surface area contributed by atoms with Crippen LogP contribution in [0.3, 0.4) is 0 Å². The lowest BCUT2D eigenvalue weighted by Crippen LogP contribution is -1.85. The Kier molecular flexibility index (Phi) is 4.19. The molecule has 0 atom stereocenters. The van der Waals surface area contributed by atoms with Gasteiger partial charge in [0.2, 0.25) is 0 Å². The lowest BCUT2D eigenvalue weighted by Gasteiger charge is -2.06. The Labute approximate surface area is 113 Å². The SMILES string of the molecule is BrC1=CC=C(C=Cc2ccc(Br)cc2)CC1. The molecule has 0 unspecified atom stereocenters. The van der Waals surface area contributed by atoms with Crippen LogP contribution in [0, 0.1) is 0 Å². The highest BCUT2D eigenvalue weighted by Gasteiger charge is 2.00. The van der Waals surface area contributed by atoms with E-state index in [9.17, 15) is 0 Å². The first-order valence-electron chi connectivity index (χ1n) is 5.23. The standard InChI is InChI=1S/C14H12Br2/c15-13-7-3-11(4-8-13)1-2-12-5-9-14(16)10-6-12/h1-5,7-9H,6,10H2. The van der Waals surface area contributed by atoms with Gasteiger partial charge in [-0.25, -0.2) is 0 Å². The van der Waals surface area contributed by atoms with Crippen molar-refractivity contribution >= 4 is 37.9 Å². The van der Waals surface area contributed by atoms with Gasteiger partial charge in [-0.2, -0.15) is 0 Å². The monoisotopic (exact) mass is 338 g/mol. The summed E-state index contributed by atoms with van der Waals surface area (Å²) in [5, 5.41) is 0. The van der Waals surface area contributed by atoms with Crippen LogP contribution in [0.1, 0.15) is 18.4 Å². The molecule has 16 heavy (non-hydrogen) atoms. The van der Waals surface area contributed by atoms with Crippen LogP contribution < -0.4 is 0 Å². The van der Waals surface area contributed by atoms with Crippen LogP contribution >= 0.6 is 31.9 Å². The molecular formula is C14H12Br2. The van der Waals surface area contributed by atoms with Gasteiger partial charge in [-0.1, -0.05) is 68.3 Å². The maximum Gasteiger partial charge on any atom is 0.0175 e. The van der Waals surface area contributed by atoms with E-state index in [1.165, 1.54) is 15.6 Å². The van der Waals surface area contributed by atoms with Crippen LogP contribution in [-0.2, 0) is 0 Å². The summed E-state index contributed by atoms with van der Waals surface area (Å²) in [5.74, 6) is 0. The van der Waals surface area contributed by atoms with E-state index in [1.54, 1.807) is 0 Å². The fourth-order valence-corrected chi connectivity index (χ4v) is 2.14. The first kappa shape index (κ1) is 11.9. The highest BCUT2D eigenvalue weighted by atomic mass is 79.9. The second-order valence-electron chi connectivity index (χ2n) is 3.74. The normalized spacial score (nSPS) is 16.1. The lowest BCUT2D eigenvalue weighted by molar-refractivity contribution is 0.982. The Balaban J connectivity index is 2.07. The predicted molar refractivity (Wildman–Crippen MR) is 77.5 cm³/mol. The van der Waals surface area contributed by atoms with Crippen LogP contribution in [0.15, 0.2) is 57.0 Å². The van der Waals surface area contributed by atoms with Gasteiger partial charge in [0.15, 0.2) is 0 Å². The quantitative estimate of drug-likeness (QED) is 0.671. The maximum atomic E-state index is 3.51. The summed E-state index contributed by atoms with van der Waals surface area (Å²) in [6, 6.07) is 8.34. The van der Waals surface area contributed by atoms with Gasteiger partial charge in [0.05, 0.1) is 0 Å². The summed E-state index contributed by atoms with van der Waals surface area (Å²) >= 11 is 6.94. The van der Waals surface area contributed by atoms with Gasteiger partial charge in [-0.15, -0.1) is 0 Å². The molecule has 82 valence electrons. The molecule has 0 saturated heterocycles. The first-order chi connectivity index (χ1) is 7.74. The molecule has 0 nitrogen and oxygen atoms in total. The molecule has 0 radical (unpaired) electrons. The number of benzene rings is 1. The van der Waals surface area contributed by atoms with Crippen LogP contribution in [0.4, 0.5) is 0 Å². The summed E-state index contributed by atoms with van der Waals surface area (Å²) in [6.07, 6.45) is 10.9. The van der Waals surface area contributed by atoms with Crippen LogP contribution in [0.25, 0.3) is 6.08 Å². The minimum atomic E-state index is 1.11. The molecule has 0 N–H and O–H groups in total. The van der Waals surface area contributed by atoms with Gasteiger partial charge in [0, 0.05) is 4.47 Å². The molecule has 0 spiro atoms. The molecule has 0 aliphatic heterocycles. The molecule has 0 amide bonds. The van der Waals surface area contributed by atoms with Crippen LogP contribution in [0.2, 0.25) is 0 Å². The average molecular weight is 340 g/mol. The number of rotatable bonds is 2. The Morgan fingerprint density at radius 2 is 1.62 bits per heavy atom. The van der Waals surface area contributed by atoms with E-state index >= 15 is 0 Å². The largest absolute Gasteiger partial charge is 0.0584 e. The number of hydrogen-bond donors (Lipinski definition) is 0. The molecule has 2 heteroatoms. The van der Waals surface area contributed by atoms with E-state index in [4.69, 9.17) is 0 Å². The first-order valence-corrected chi connectivity index (χ1v) is 6.81. The molecule has 0 aromatic heterocycles. The molecule has 1 aromatic rings. The average Bonchev–Trinajstić information content (AvgIpc) is 2.30. The number of allylic oxidation sites excluding steroid dienone is 5. The van der Waals surface area contributed by atoms with E-state index < -0.39 is 0 Å². The molecule has 1 aliphatic carbocycles. The summed E-state index contributed by atoms with van der Waals surface area (Å²) in [4.78, 5) is 0. The second kappa shape index (κ2) is 5.65. The van der Waals surface area contributed by atoms with Crippen molar-refractivity contribution < 1.29 is 0 Å². The van der Waals surface area contributed by atoms with Gasteiger partial charge in [-0.3, -0.25) is 0 Å². The minimum absolute atomic E-state index is 1.11. The van der Waals surface area contributed by atoms with Crippen molar-refractivity contribution in [3.05, 3.63) is 62.6 Å². The van der Waals surface area contributed by atoms with Crippen LogP contribution in [-0.4, -0.2) is 0 Å². The van der Waals surface area contributed by atoms with Crippen molar-refractivity contribution in [1.29, 1.82) is 0 Å². The van der Waals surface area contributed by atoms with Crippen molar-refractivity contribution in [3.8, 4) is 0 Å². The Bertz CT molecular complexity index is 450. The van der Waals surface area contributed by atoms with Gasteiger partial charge < -0.3 is 0 Å². The summed E-state index contributed by atoms with van der Waals surface area (Å²) < 4.78 is 2.40. The molecule has 0 heterocycles. The molecule has 0 saturated carbocycles. The van der Waals surface area contributed by atoms with Gasteiger partial charge in [-0.05, 0) is 40.6 Å². The zero-order valence-electron chi connectivity index (χ0n) is 8.79. The summed E-state index contributed by atoms with van der Waals surface area (Å²) in [7, 11) is 0. The molecule has 1 aromatic carbocycles. The van der Waals surface area contributed by atoms with Gasteiger partial charge in [0.25, 0.3) is 0 Å². The maximum absolute atomic E-state index is 3.51. The lowest BCUT2D eigenvalue weighted by atomic mass is 10.0. The van der Waals surface area contributed by atoms with E-state index in [-0.39, 0.29) is 0 Å². The fourth-order valence-electron chi connectivity index (χ4n) is 1.54. The Morgan fingerprint density at radius 1 is 0.875 bits per heavy atom. The Hall–Kier alpha value is -0.600. The fraction of sp³-hybridized carbons (Fsp3) is 0.143. The predicted octanol–water partition coefficient (Wildman–Crippen LogP) is 5.46. The molecular weight excluding hydrogens is 328 g/mol. The zero-order chi connectivity index (χ0) is 11.4. The topological polar surface area (TPSA) is 0 Å². The van der Waals surface area contributed by atoms with Crippen molar-refractivity contribution in [2.24, 2.45) is 0 Å². The second-order valence-corrected chi connectivity index (χ2v) is 5.67. The molecule has 2 rings (SSSR count). The third-order valence-corrected chi connectivity index (χ3v) is 3.68. The Morgan fingerprint density at radius 3 is 2.25 bits per heavy atom. The highest BCUT2D eigenvalue weighted by molar-refractivity contribution is 9.11. The minimum Gasteiger partial charge on any atom is -0.0584 e. The van der Waals surface area contributed by atoms with Crippen molar-refractivity contribution in [2.75, 3.05) is 0 Å². The van der Waals surface area contributed by atoms with Gasteiger partial charge in [0.1, 0.15) is 0 Å². The molecule has 0 fully saturated rings. The summed E-state index contributed by atoms with van der Waals surface area (Å²) in [6.45, 7) is 0. The van der Waals surface area contributed by atoms with E-state index in [0.29, 0.717) is 0 Å². The third-order valence-electron chi connectivity index (χ3n) is 2.49. The van der Waals surface area contributed by atoms with Crippen molar-refractivity contribution in [1.82, 2.24) is 0 Å². The van der Waals surface area contributed by atoms with Crippen molar-refractivity contribution in [3.63, 3.8) is 0 Å². The van der Waals surface area contributed by atoms with Crippen molar-refractivity contribution in [2.45, 2.75) is 12.8 Å². The molecule has 0 bridgehead atoms. The highest BCUT2D eigenvalue weighted by Crippen LogP contribution is 2.23. The smallest absolute Gasteiger partial charge is 0.0175 e. The van der Waals surface area contributed by atoms with E-state index in [0.717, 1.165) is 17.3 Å². The van der Waals surface area contributed by atoms with Crippen LogP contribution in [0.5, 0.6) is 0 Å². The third kappa shape index (κ3) is 3.46. The van der Waals surface area contributed by atoms with E-state index in [2.05, 4.69) is 80.4 Å². The summed E-state index contributed by atoms with van der Waals surface area (Å²) in [5.41, 5.74) is 2.61. The number of hydrogen-bond acceptors (Lipinski definition) is 0. The van der Waals surface area contributed by atoms with Gasteiger partial charge >= 0.3 is 0 Å².